The van der Waals surface area contributed by atoms with Crippen LogP contribution in [0.25, 0.3) is 0 Å². The monoisotopic (exact) mass is 554 g/mol. The lowest BCUT2D eigenvalue weighted by molar-refractivity contribution is -0.143. The summed E-state index contributed by atoms with van der Waals surface area (Å²) in [5.74, 6) is 1.41. The van der Waals surface area contributed by atoms with Crippen molar-refractivity contribution in [3.8, 4) is 11.5 Å². The van der Waals surface area contributed by atoms with Crippen LogP contribution in [0.15, 0.2) is 42.5 Å². The van der Waals surface area contributed by atoms with E-state index in [-0.39, 0.29) is 16.8 Å². The Balaban J connectivity index is 0.000000985. The van der Waals surface area contributed by atoms with Gasteiger partial charge in [0.15, 0.2) is 0 Å². The zero-order chi connectivity index (χ0) is 30.2. The fourth-order valence-electron chi connectivity index (χ4n) is 4.63. The third kappa shape index (κ3) is 15.3. The van der Waals surface area contributed by atoms with Crippen molar-refractivity contribution in [1.29, 1.82) is 0 Å². The lowest BCUT2D eigenvalue weighted by Gasteiger charge is -2.28. The average Bonchev–Trinajstić information content (AvgIpc) is 2.86. The van der Waals surface area contributed by atoms with E-state index in [4.69, 9.17) is 9.84 Å². The zero-order valence-corrected chi connectivity index (χ0v) is 26.8. The number of ether oxygens (including phenoxy) is 1. The predicted molar refractivity (Wildman–Crippen MR) is 169 cm³/mol. The minimum atomic E-state index is -0.158. The summed E-state index contributed by atoms with van der Waals surface area (Å²) < 4.78 is 5.48. The summed E-state index contributed by atoms with van der Waals surface area (Å²) >= 11 is 0. The highest BCUT2D eigenvalue weighted by molar-refractivity contribution is 5.69. The fourth-order valence-corrected chi connectivity index (χ4v) is 4.63. The standard InChI is InChI=1S/C30H52O3.C6H6O/c1-23(2)17-15-13-11-9-10-12-14-16-20-33-27(31)19-18-24-21-25(29(3,4)5)28(32)26(22-24)30(6,7)8;7-6-4-2-1-3-5-6/h21-23,32H,9-20H2,1-8H3;1-5,7H. The normalized spacial score (nSPS) is 11.7. The number of aryl methyl sites for hydroxylation is 1. The lowest BCUT2D eigenvalue weighted by atomic mass is 9.78. The van der Waals surface area contributed by atoms with Crippen LogP contribution in [0.1, 0.15) is 136 Å². The molecule has 0 spiro atoms. The van der Waals surface area contributed by atoms with E-state index in [0.717, 1.165) is 35.4 Å². The number of hydrogen-bond donors (Lipinski definition) is 2. The molecule has 2 aromatic carbocycles. The van der Waals surface area contributed by atoms with Crippen LogP contribution in [0.4, 0.5) is 0 Å². The maximum Gasteiger partial charge on any atom is 0.306 e. The highest BCUT2D eigenvalue weighted by atomic mass is 16.5. The number of carbonyl (C=O) groups is 1. The van der Waals surface area contributed by atoms with Gasteiger partial charge in [0.2, 0.25) is 0 Å². The molecule has 0 aliphatic carbocycles. The molecule has 4 heteroatoms. The third-order valence-corrected chi connectivity index (χ3v) is 7.10. The quantitative estimate of drug-likeness (QED) is 0.180. The summed E-state index contributed by atoms with van der Waals surface area (Å²) in [5, 5.41) is 19.5. The van der Waals surface area contributed by atoms with Crippen molar-refractivity contribution in [2.75, 3.05) is 6.61 Å². The number of phenolic OH excluding ortho intramolecular Hbond substituents is 2. The van der Waals surface area contributed by atoms with Gasteiger partial charge in [-0.2, -0.15) is 0 Å². The molecule has 0 atom stereocenters. The van der Waals surface area contributed by atoms with E-state index < -0.39 is 0 Å². The number of esters is 1. The molecule has 0 radical (unpaired) electrons. The van der Waals surface area contributed by atoms with Gasteiger partial charge in [0, 0.05) is 6.42 Å². The molecule has 4 nitrogen and oxygen atoms in total. The molecule has 226 valence electrons. The minimum Gasteiger partial charge on any atom is -0.508 e. The molecule has 0 aromatic heterocycles. The Morgan fingerprint density at radius 3 is 1.65 bits per heavy atom. The van der Waals surface area contributed by atoms with E-state index in [1.54, 1.807) is 24.3 Å². The van der Waals surface area contributed by atoms with Crippen molar-refractivity contribution in [3.63, 3.8) is 0 Å². The predicted octanol–water partition coefficient (Wildman–Crippen LogP) is 10.0. The molecule has 0 aliphatic heterocycles. The molecule has 0 saturated carbocycles. The number of para-hydroxylation sites is 1. The molecular weight excluding hydrogens is 496 g/mol. The van der Waals surface area contributed by atoms with Crippen LogP contribution < -0.4 is 0 Å². The Morgan fingerprint density at radius 1 is 0.750 bits per heavy atom. The van der Waals surface area contributed by atoms with Gasteiger partial charge in [0.25, 0.3) is 0 Å². The molecule has 2 rings (SSSR count). The van der Waals surface area contributed by atoms with Crippen LogP contribution in [0.3, 0.4) is 0 Å². The van der Waals surface area contributed by atoms with Crippen LogP contribution in [0.2, 0.25) is 0 Å². The molecule has 2 N–H and O–H groups in total. The van der Waals surface area contributed by atoms with Gasteiger partial charge in [0.1, 0.15) is 11.5 Å². The van der Waals surface area contributed by atoms with Gasteiger partial charge < -0.3 is 14.9 Å². The summed E-state index contributed by atoms with van der Waals surface area (Å²) in [5.41, 5.74) is 2.66. The van der Waals surface area contributed by atoms with Gasteiger partial charge in [-0.1, -0.05) is 137 Å². The first kappa shape index (κ1) is 35.5. The maximum atomic E-state index is 12.3. The molecule has 0 amide bonds. The molecule has 0 unspecified atom stereocenters. The van der Waals surface area contributed by atoms with E-state index in [2.05, 4.69) is 67.5 Å². The van der Waals surface area contributed by atoms with Crippen molar-refractivity contribution in [2.45, 2.75) is 137 Å². The molecule has 40 heavy (non-hydrogen) atoms. The third-order valence-electron chi connectivity index (χ3n) is 7.10. The molecular formula is C36H58O4. The van der Waals surface area contributed by atoms with Crippen molar-refractivity contribution in [3.05, 3.63) is 59.2 Å². The highest BCUT2D eigenvalue weighted by Crippen LogP contribution is 2.40. The van der Waals surface area contributed by atoms with Crippen molar-refractivity contribution >= 4 is 5.97 Å². The van der Waals surface area contributed by atoms with Crippen molar-refractivity contribution in [1.82, 2.24) is 0 Å². The Kier molecular flexibility index (Phi) is 16.0. The maximum absolute atomic E-state index is 12.3. The number of rotatable bonds is 14. The van der Waals surface area contributed by atoms with Crippen molar-refractivity contribution < 1.29 is 19.7 Å². The number of benzene rings is 2. The van der Waals surface area contributed by atoms with Gasteiger partial charge in [-0.05, 0) is 58.4 Å². The van der Waals surface area contributed by atoms with Crippen LogP contribution >= 0.6 is 0 Å². The Morgan fingerprint density at radius 2 is 1.23 bits per heavy atom. The smallest absolute Gasteiger partial charge is 0.306 e. The number of phenols is 2. The first-order valence-corrected chi connectivity index (χ1v) is 15.5. The summed E-state index contributed by atoms with van der Waals surface area (Å²) in [7, 11) is 0. The Hall–Kier alpha value is -2.49. The molecule has 0 bridgehead atoms. The Bertz CT molecular complexity index is 930. The highest BCUT2D eigenvalue weighted by Gasteiger charge is 2.26. The summed E-state index contributed by atoms with van der Waals surface area (Å²) in [4.78, 5) is 12.3. The largest absolute Gasteiger partial charge is 0.508 e. The zero-order valence-electron chi connectivity index (χ0n) is 26.8. The van der Waals surface area contributed by atoms with Gasteiger partial charge in [-0.15, -0.1) is 0 Å². The number of aromatic hydroxyl groups is 2. The first-order valence-electron chi connectivity index (χ1n) is 15.5. The van der Waals surface area contributed by atoms with Crippen LogP contribution in [-0.4, -0.2) is 22.8 Å². The lowest BCUT2D eigenvalue weighted by Crippen LogP contribution is -2.18. The minimum absolute atomic E-state index is 0.122. The average molecular weight is 555 g/mol. The summed E-state index contributed by atoms with van der Waals surface area (Å²) in [6, 6.07) is 12.8. The van der Waals surface area contributed by atoms with Gasteiger partial charge in [-0.3, -0.25) is 4.79 Å². The van der Waals surface area contributed by atoms with Gasteiger partial charge in [0.05, 0.1) is 6.61 Å². The number of hydrogen-bond acceptors (Lipinski definition) is 4. The molecule has 0 aliphatic rings. The van der Waals surface area contributed by atoms with Crippen LogP contribution in [0.5, 0.6) is 11.5 Å². The first-order chi connectivity index (χ1) is 18.7. The number of unbranched alkanes of at least 4 members (excludes halogenated alkanes) is 7. The Labute approximate surface area is 245 Å². The van der Waals surface area contributed by atoms with Gasteiger partial charge in [-0.25, -0.2) is 0 Å². The number of carbonyl (C=O) groups excluding carboxylic acids is 1. The van der Waals surface area contributed by atoms with Crippen LogP contribution in [-0.2, 0) is 26.8 Å². The molecule has 0 heterocycles. The summed E-state index contributed by atoms with van der Waals surface area (Å²) in [6.45, 7) is 17.8. The van der Waals surface area contributed by atoms with Crippen LogP contribution in [0, 0.1) is 5.92 Å². The van der Waals surface area contributed by atoms with E-state index in [1.165, 1.54) is 44.9 Å². The molecule has 2 aromatic rings. The fraction of sp³-hybridized carbons (Fsp3) is 0.639. The van der Waals surface area contributed by atoms with Gasteiger partial charge >= 0.3 is 5.97 Å². The van der Waals surface area contributed by atoms with E-state index in [0.29, 0.717) is 30.9 Å². The topological polar surface area (TPSA) is 66.8 Å². The van der Waals surface area contributed by atoms with E-state index in [1.807, 2.05) is 6.07 Å². The van der Waals surface area contributed by atoms with Crippen molar-refractivity contribution in [2.24, 2.45) is 5.92 Å². The second-order valence-electron chi connectivity index (χ2n) is 13.6. The second kappa shape index (κ2) is 18.0. The van der Waals surface area contributed by atoms with E-state index in [9.17, 15) is 9.90 Å². The SMILES string of the molecule is CC(C)CCCCCCCCCCOC(=O)CCc1cc(C(C)(C)C)c(O)c(C(C)(C)C)c1.Oc1ccccc1. The summed E-state index contributed by atoms with van der Waals surface area (Å²) in [6.07, 6.45) is 12.4. The molecule has 0 saturated heterocycles. The van der Waals surface area contributed by atoms with E-state index >= 15 is 0 Å². The molecule has 0 fully saturated rings. The second-order valence-corrected chi connectivity index (χ2v) is 13.6.